The van der Waals surface area contributed by atoms with Crippen LogP contribution in [0.2, 0.25) is 0 Å². The number of nitrogen functional groups attached to an aromatic ring is 1. The third kappa shape index (κ3) is 3.86. The van der Waals surface area contributed by atoms with Gasteiger partial charge in [-0.3, -0.25) is 0 Å². The quantitative estimate of drug-likeness (QED) is 0.715. The van der Waals surface area contributed by atoms with Gasteiger partial charge in [0.2, 0.25) is 0 Å². The Kier molecular flexibility index (Phi) is 3.82. The maximum Gasteiger partial charge on any atom is 0.390 e. The van der Waals surface area contributed by atoms with E-state index in [0.717, 1.165) is 0 Å². The Morgan fingerprint density at radius 3 is 2.59 bits per heavy atom. The van der Waals surface area contributed by atoms with E-state index in [9.17, 15) is 18.0 Å². The first kappa shape index (κ1) is 13.1. The van der Waals surface area contributed by atoms with Gasteiger partial charge in [0.25, 0.3) is 0 Å². The number of rotatable bonds is 4. The molecule has 4 nitrogen and oxygen atoms in total. The average Bonchev–Trinajstić information content (AvgIpc) is 2.18. The van der Waals surface area contributed by atoms with Gasteiger partial charge in [0, 0.05) is 6.54 Å². The molecular weight excluding hydrogens is 237 g/mol. The zero-order valence-electron chi connectivity index (χ0n) is 8.71. The second kappa shape index (κ2) is 4.94. The number of carbonyl (C=O) groups is 1. The van der Waals surface area contributed by atoms with E-state index in [-0.39, 0.29) is 16.9 Å². The summed E-state index contributed by atoms with van der Waals surface area (Å²) in [5.74, 6) is -1.24. The Morgan fingerprint density at radius 1 is 1.41 bits per heavy atom. The lowest BCUT2D eigenvalue weighted by atomic mass is 10.1. The first-order chi connectivity index (χ1) is 7.81. The Balaban J connectivity index is 2.79. The molecular formula is C10H11F3N2O2. The molecule has 0 aliphatic rings. The highest BCUT2D eigenvalue weighted by Gasteiger charge is 2.26. The third-order valence-electron chi connectivity index (χ3n) is 2.04. The Hall–Kier alpha value is -1.92. The number of alkyl halides is 3. The summed E-state index contributed by atoms with van der Waals surface area (Å²) in [7, 11) is 0. The molecule has 0 aliphatic carbocycles. The van der Waals surface area contributed by atoms with Crippen molar-refractivity contribution in [2.24, 2.45) is 0 Å². The first-order valence-corrected chi connectivity index (χ1v) is 4.73. The van der Waals surface area contributed by atoms with Gasteiger partial charge >= 0.3 is 12.1 Å². The van der Waals surface area contributed by atoms with Crippen molar-refractivity contribution in [3.8, 4) is 0 Å². The van der Waals surface area contributed by atoms with Crippen molar-refractivity contribution in [1.29, 1.82) is 0 Å². The molecule has 1 aromatic rings. The normalized spacial score (nSPS) is 11.2. The van der Waals surface area contributed by atoms with E-state index in [2.05, 4.69) is 5.32 Å². The van der Waals surface area contributed by atoms with Gasteiger partial charge in [-0.2, -0.15) is 13.2 Å². The number of benzene rings is 1. The van der Waals surface area contributed by atoms with Crippen LogP contribution in [0.15, 0.2) is 18.2 Å². The fourth-order valence-corrected chi connectivity index (χ4v) is 1.27. The van der Waals surface area contributed by atoms with Crippen LogP contribution in [0.4, 0.5) is 24.5 Å². The number of nitrogens with one attached hydrogen (secondary N) is 1. The molecule has 0 atom stereocenters. The lowest BCUT2D eigenvalue weighted by Gasteiger charge is -2.13. The summed E-state index contributed by atoms with van der Waals surface area (Å²) in [4.78, 5) is 10.8. The van der Waals surface area contributed by atoms with E-state index in [4.69, 9.17) is 10.8 Å². The van der Waals surface area contributed by atoms with Crippen molar-refractivity contribution in [1.82, 2.24) is 0 Å². The van der Waals surface area contributed by atoms with Crippen LogP contribution in [0.25, 0.3) is 0 Å². The predicted octanol–water partition coefficient (Wildman–Crippen LogP) is 2.33. The largest absolute Gasteiger partial charge is 0.478 e. The third-order valence-corrected chi connectivity index (χ3v) is 2.04. The highest BCUT2D eigenvalue weighted by atomic mass is 19.4. The highest BCUT2D eigenvalue weighted by molar-refractivity contribution is 5.97. The van der Waals surface area contributed by atoms with Gasteiger partial charge in [-0.15, -0.1) is 0 Å². The number of para-hydroxylation sites is 1. The van der Waals surface area contributed by atoms with E-state index in [0.29, 0.717) is 0 Å². The van der Waals surface area contributed by atoms with Crippen molar-refractivity contribution < 1.29 is 23.1 Å². The molecule has 0 aliphatic heterocycles. The summed E-state index contributed by atoms with van der Waals surface area (Å²) < 4.78 is 35.8. The van der Waals surface area contributed by atoms with Crippen molar-refractivity contribution in [3.05, 3.63) is 23.8 Å². The van der Waals surface area contributed by atoms with E-state index in [1.165, 1.54) is 18.2 Å². The molecule has 0 fully saturated rings. The monoisotopic (exact) mass is 248 g/mol. The molecule has 4 N–H and O–H groups in total. The highest BCUT2D eigenvalue weighted by Crippen LogP contribution is 2.25. The van der Waals surface area contributed by atoms with Crippen LogP contribution in [0, 0.1) is 0 Å². The molecule has 0 bridgehead atoms. The summed E-state index contributed by atoms with van der Waals surface area (Å²) >= 11 is 0. The van der Waals surface area contributed by atoms with E-state index >= 15 is 0 Å². The van der Waals surface area contributed by atoms with Gasteiger partial charge in [-0.05, 0) is 12.1 Å². The van der Waals surface area contributed by atoms with Gasteiger partial charge in [-0.1, -0.05) is 6.07 Å². The van der Waals surface area contributed by atoms with Gasteiger partial charge in [0.15, 0.2) is 0 Å². The number of carboxylic acids is 1. The Bertz CT molecular complexity index is 419. The average molecular weight is 248 g/mol. The molecule has 7 heteroatoms. The number of hydrogen-bond acceptors (Lipinski definition) is 3. The van der Waals surface area contributed by atoms with E-state index in [1.54, 1.807) is 0 Å². The van der Waals surface area contributed by atoms with Gasteiger partial charge in [-0.25, -0.2) is 4.79 Å². The number of aromatic carboxylic acids is 1. The van der Waals surface area contributed by atoms with Crippen LogP contribution in [0.3, 0.4) is 0 Å². The Morgan fingerprint density at radius 2 is 2.06 bits per heavy atom. The van der Waals surface area contributed by atoms with Crippen LogP contribution >= 0.6 is 0 Å². The SMILES string of the molecule is Nc1cccc(C(=O)O)c1NCCC(F)(F)F. The molecule has 94 valence electrons. The molecule has 17 heavy (non-hydrogen) atoms. The molecule has 0 saturated heterocycles. The molecule has 0 heterocycles. The summed E-state index contributed by atoms with van der Waals surface area (Å²) in [6.45, 7) is -0.419. The number of hydrogen-bond donors (Lipinski definition) is 3. The minimum Gasteiger partial charge on any atom is -0.478 e. The van der Waals surface area contributed by atoms with Crippen LogP contribution < -0.4 is 11.1 Å². The van der Waals surface area contributed by atoms with Gasteiger partial charge in [0.05, 0.1) is 23.4 Å². The lowest BCUT2D eigenvalue weighted by Crippen LogP contribution is -2.16. The minimum atomic E-state index is -4.29. The standard InChI is InChI=1S/C10H11F3N2O2/c11-10(12,13)4-5-15-8-6(9(16)17)2-1-3-7(8)14/h1-3,15H,4-5,14H2,(H,16,17). The molecule has 0 radical (unpaired) electrons. The van der Waals surface area contributed by atoms with Gasteiger partial charge in [0.1, 0.15) is 0 Å². The predicted molar refractivity (Wildman–Crippen MR) is 57.0 cm³/mol. The first-order valence-electron chi connectivity index (χ1n) is 4.73. The zero-order chi connectivity index (χ0) is 13.1. The number of nitrogens with two attached hydrogens (primary N) is 1. The van der Waals surface area contributed by atoms with Crippen molar-refractivity contribution in [3.63, 3.8) is 0 Å². The summed E-state index contributed by atoms with van der Waals surface area (Å²) in [5, 5.41) is 11.2. The zero-order valence-corrected chi connectivity index (χ0v) is 8.71. The fraction of sp³-hybridized carbons (Fsp3) is 0.300. The molecule has 0 amide bonds. The smallest absolute Gasteiger partial charge is 0.390 e. The lowest BCUT2D eigenvalue weighted by molar-refractivity contribution is -0.131. The minimum absolute atomic E-state index is 0.0178. The summed E-state index contributed by atoms with van der Waals surface area (Å²) in [6.07, 6.45) is -5.35. The second-order valence-corrected chi connectivity index (χ2v) is 3.37. The van der Waals surface area contributed by atoms with E-state index in [1.807, 2.05) is 0 Å². The molecule has 0 unspecified atom stereocenters. The number of carboxylic acid groups (broad SMARTS) is 1. The van der Waals surface area contributed by atoms with Crippen LogP contribution in [0.5, 0.6) is 0 Å². The Labute approximate surface area is 95.2 Å². The molecule has 1 rings (SSSR count). The summed E-state index contributed by atoms with van der Waals surface area (Å²) in [5.41, 5.74) is 5.48. The number of anilines is 2. The van der Waals surface area contributed by atoms with Crippen molar-refractivity contribution >= 4 is 17.3 Å². The number of halogens is 3. The molecule has 0 spiro atoms. The topological polar surface area (TPSA) is 75.4 Å². The fourth-order valence-electron chi connectivity index (χ4n) is 1.27. The van der Waals surface area contributed by atoms with Crippen LogP contribution in [-0.4, -0.2) is 23.8 Å². The van der Waals surface area contributed by atoms with Gasteiger partial charge < -0.3 is 16.2 Å². The molecule has 0 saturated carbocycles. The maximum atomic E-state index is 11.9. The molecule has 1 aromatic carbocycles. The van der Waals surface area contributed by atoms with Crippen molar-refractivity contribution in [2.75, 3.05) is 17.6 Å². The van der Waals surface area contributed by atoms with Crippen LogP contribution in [-0.2, 0) is 0 Å². The maximum absolute atomic E-state index is 11.9. The second-order valence-electron chi connectivity index (χ2n) is 3.37. The van der Waals surface area contributed by atoms with E-state index < -0.39 is 25.1 Å². The summed E-state index contributed by atoms with van der Waals surface area (Å²) in [6, 6.07) is 4.12. The van der Waals surface area contributed by atoms with Crippen molar-refractivity contribution in [2.45, 2.75) is 12.6 Å². The molecule has 0 aromatic heterocycles. The van der Waals surface area contributed by atoms with Crippen LogP contribution in [0.1, 0.15) is 16.8 Å².